The zero-order valence-corrected chi connectivity index (χ0v) is 12.5. The smallest absolute Gasteiger partial charge is 0.372 e. The second-order valence-electron chi connectivity index (χ2n) is 5.35. The van der Waals surface area contributed by atoms with Crippen molar-refractivity contribution in [1.82, 2.24) is 0 Å². The van der Waals surface area contributed by atoms with E-state index in [2.05, 4.69) is 0 Å². The van der Waals surface area contributed by atoms with Gasteiger partial charge in [-0.15, -0.1) is 0 Å². The van der Waals surface area contributed by atoms with Gasteiger partial charge in [-0.3, -0.25) is 4.79 Å². The van der Waals surface area contributed by atoms with E-state index in [1.807, 2.05) is 0 Å². The Kier molecular flexibility index (Phi) is 3.08. The number of aromatic hydroxyl groups is 2. The first-order valence-electron chi connectivity index (χ1n) is 7.12. The van der Waals surface area contributed by atoms with E-state index >= 15 is 0 Å². The van der Waals surface area contributed by atoms with Gasteiger partial charge in [-0.25, -0.2) is 4.79 Å². The summed E-state index contributed by atoms with van der Waals surface area (Å²) in [6.45, 7) is 0.0248. The molecular formula is C17H10O8. The number of carboxylic acids is 1. The fourth-order valence-electron chi connectivity index (χ4n) is 2.75. The van der Waals surface area contributed by atoms with Crippen LogP contribution in [0.15, 0.2) is 39.5 Å². The van der Waals surface area contributed by atoms with Gasteiger partial charge in [0, 0.05) is 12.1 Å². The number of phenolic OH excluding ortho intramolecular Hbond substituents is 2. The first-order chi connectivity index (χ1) is 12.0. The number of rotatable bonds is 2. The Morgan fingerprint density at radius 1 is 1.04 bits per heavy atom. The van der Waals surface area contributed by atoms with Crippen LogP contribution in [0.3, 0.4) is 0 Å². The summed E-state index contributed by atoms with van der Waals surface area (Å²) in [7, 11) is 0. The van der Waals surface area contributed by atoms with E-state index < -0.39 is 22.9 Å². The summed E-state index contributed by atoms with van der Waals surface area (Å²) < 4.78 is 15.7. The standard InChI is InChI=1S/C17H10O8/c18-8-4-9(19)14-12(5-8)25-16(17(21)22)13(15(14)20)7-1-2-10-11(3-7)24-6-23-10/h1-5,18-19H,6H2,(H,21,22). The van der Waals surface area contributed by atoms with E-state index in [-0.39, 0.29) is 34.6 Å². The van der Waals surface area contributed by atoms with E-state index in [0.717, 1.165) is 12.1 Å². The molecule has 0 saturated heterocycles. The van der Waals surface area contributed by atoms with Crippen LogP contribution in [-0.2, 0) is 0 Å². The molecule has 126 valence electrons. The molecule has 4 rings (SSSR count). The van der Waals surface area contributed by atoms with Crippen LogP contribution < -0.4 is 14.9 Å². The number of benzene rings is 2. The molecule has 0 amide bonds. The van der Waals surface area contributed by atoms with E-state index in [9.17, 15) is 24.9 Å². The Hall–Kier alpha value is -3.68. The van der Waals surface area contributed by atoms with Crippen LogP contribution in [0.5, 0.6) is 23.0 Å². The molecule has 0 radical (unpaired) electrons. The molecular weight excluding hydrogens is 332 g/mol. The molecule has 1 aromatic heterocycles. The summed E-state index contributed by atoms with van der Waals surface area (Å²) in [5, 5.41) is 28.7. The van der Waals surface area contributed by atoms with Crippen molar-refractivity contribution in [3.63, 3.8) is 0 Å². The van der Waals surface area contributed by atoms with Crippen LogP contribution in [0, 0.1) is 0 Å². The lowest BCUT2D eigenvalue weighted by molar-refractivity contribution is 0.0664. The number of carboxylic acid groups (broad SMARTS) is 1. The molecule has 25 heavy (non-hydrogen) atoms. The van der Waals surface area contributed by atoms with Crippen molar-refractivity contribution in [2.24, 2.45) is 0 Å². The maximum Gasteiger partial charge on any atom is 0.372 e. The second-order valence-corrected chi connectivity index (χ2v) is 5.35. The molecule has 0 saturated carbocycles. The highest BCUT2D eigenvalue weighted by Crippen LogP contribution is 2.37. The minimum atomic E-state index is -1.46. The minimum Gasteiger partial charge on any atom is -0.508 e. The van der Waals surface area contributed by atoms with Crippen molar-refractivity contribution < 1.29 is 34.0 Å². The van der Waals surface area contributed by atoms with Crippen LogP contribution in [-0.4, -0.2) is 28.1 Å². The van der Waals surface area contributed by atoms with Crippen LogP contribution in [0.25, 0.3) is 22.1 Å². The lowest BCUT2D eigenvalue weighted by atomic mass is 10.0. The van der Waals surface area contributed by atoms with Crippen LogP contribution in [0.4, 0.5) is 0 Å². The first kappa shape index (κ1) is 14.9. The topological polar surface area (TPSA) is 126 Å². The van der Waals surface area contributed by atoms with Crippen LogP contribution in [0.2, 0.25) is 0 Å². The summed E-state index contributed by atoms with van der Waals surface area (Å²) >= 11 is 0. The molecule has 1 aliphatic rings. The summed E-state index contributed by atoms with van der Waals surface area (Å²) in [6.07, 6.45) is 0. The number of carbonyl (C=O) groups is 1. The molecule has 0 bridgehead atoms. The third-order valence-corrected chi connectivity index (χ3v) is 3.81. The molecule has 3 N–H and O–H groups in total. The van der Waals surface area contributed by atoms with Gasteiger partial charge in [0.25, 0.3) is 0 Å². The number of phenols is 2. The zero-order chi connectivity index (χ0) is 17.7. The van der Waals surface area contributed by atoms with Gasteiger partial charge in [-0.05, 0) is 17.7 Å². The number of aromatic carboxylic acids is 1. The lowest BCUT2D eigenvalue weighted by Crippen LogP contribution is -2.12. The fourth-order valence-corrected chi connectivity index (χ4v) is 2.75. The normalized spacial score (nSPS) is 12.5. The largest absolute Gasteiger partial charge is 0.508 e. The Morgan fingerprint density at radius 3 is 2.56 bits per heavy atom. The first-order valence-corrected chi connectivity index (χ1v) is 7.12. The van der Waals surface area contributed by atoms with Gasteiger partial charge in [0.05, 0.1) is 5.56 Å². The van der Waals surface area contributed by atoms with E-state index in [4.69, 9.17) is 13.9 Å². The van der Waals surface area contributed by atoms with Gasteiger partial charge in [-0.1, -0.05) is 6.07 Å². The number of hydrogen-bond acceptors (Lipinski definition) is 7. The molecule has 0 spiro atoms. The molecule has 2 heterocycles. The monoisotopic (exact) mass is 342 g/mol. The maximum atomic E-state index is 12.8. The quantitative estimate of drug-likeness (QED) is 0.647. The van der Waals surface area contributed by atoms with Crippen LogP contribution >= 0.6 is 0 Å². The molecule has 1 aliphatic heterocycles. The van der Waals surface area contributed by atoms with Gasteiger partial charge in [0.15, 0.2) is 11.5 Å². The number of hydrogen-bond donors (Lipinski definition) is 3. The van der Waals surface area contributed by atoms with Crippen molar-refractivity contribution in [3.05, 3.63) is 46.3 Å². The number of ether oxygens (including phenoxy) is 2. The predicted octanol–water partition coefficient (Wildman–Crippen LogP) is 2.30. The van der Waals surface area contributed by atoms with Gasteiger partial charge < -0.3 is 29.2 Å². The van der Waals surface area contributed by atoms with Crippen molar-refractivity contribution in [2.75, 3.05) is 6.79 Å². The summed E-state index contributed by atoms with van der Waals surface area (Å²) in [5.41, 5.74) is -0.969. The van der Waals surface area contributed by atoms with E-state index in [1.165, 1.54) is 12.1 Å². The molecule has 8 heteroatoms. The Bertz CT molecular complexity index is 1100. The molecule has 8 nitrogen and oxygen atoms in total. The fraction of sp³-hybridized carbons (Fsp3) is 0.0588. The van der Waals surface area contributed by atoms with Gasteiger partial charge in [0.2, 0.25) is 18.0 Å². The molecule has 3 aromatic rings. The van der Waals surface area contributed by atoms with Crippen molar-refractivity contribution >= 4 is 16.9 Å². The summed E-state index contributed by atoms with van der Waals surface area (Å²) in [5.74, 6) is -2.11. The predicted molar refractivity (Wildman–Crippen MR) is 84.3 cm³/mol. The molecule has 0 atom stereocenters. The average molecular weight is 342 g/mol. The van der Waals surface area contributed by atoms with Gasteiger partial charge in [-0.2, -0.15) is 0 Å². The summed E-state index contributed by atoms with van der Waals surface area (Å²) in [4.78, 5) is 24.4. The highest BCUT2D eigenvalue weighted by Gasteiger charge is 2.25. The highest BCUT2D eigenvalue weighted by molar-refractivity contribution is 5.98. The zero-order valence-electron chi connectivity index (χ0n) is 12.5. The lowest BCUT2D eigenvalue weighted by Gasteiger charge is -2.09. The van der Waals surface area contributed by atoms with Gasteiger partial charge in [0.1, 0.15) is 22.5 Å². The average Bonchev–Trinajstić information content (AvgIpc) is 3.01. The Morgan fingerprint density at radius 2 is 1.80 bits per heavy atom. The minimum absolute atomic E-state index is 0.0248. The van der Waals surface area contributed by atoms with Gasteiger partial charge >= 0.3 is 5.97 Å². The molecule has 0 unspecified atom stereocenters. The Balaban J connectivity index is 2.09. The van der Waals surface area contributed by atoms with Crippen molar-refractivity contribution in [2.45, 2.75) is 0 Å². The van der Waals surface area contributed by atoms with E-state index in [1.54, 1.807) is 6.07 Å². The maximum absolute atomic E-state index is 12.8. The van der Waals surface area contributed by atoms with Crippen molar-refractivity contribution in [1.29, 1.82) is 0 Å². The SMILES string of the molecule is O=C(O)c1oc2cc(O)cc(O)c2c(=O)c1-c1ccc2c(c1)OCO2. The molecule has 0 fully saturated rings. The van der Waals surface area contributed by atoms with Crippen LogP contribution in [0.1, 0.15) is 10.6 Å². The highest BCUT2D eigenvalue weighted by atomic mass is 16.7. The molecule has 2 aromatic carbocycles. The third-order valence-electron chi connectivity index (χ3n) is 3.81. The van der Waals surface area contributed by atoms with E-state index in [0.29, 0.717) is 11.5 Å². The molecule has 0 aliphatic carbocycles. The number of fused-ring (bicyclic) bond motifs is 2. The third kappa shape index (κ3) is 2.23. The Labute approximate surface area is 139 Å². The second kappa shape index (κ2) is 5.17. The van der Waals surface area contributed by atoms with Crippen molar-refractivity contribution in [3.8, 4) is 34.1 Å². The summed E-state index contributed by atoms with van der Waals surface area (Å²) in [6, 6.07) is 6.54.